The van der Waals surface area contributed by atoms with E-state index in [2.05, 4.69) is 10.4 Å². The molecule has 1 unspecified atom stereocenters. The van der Waals surface area contributed by atoms with Crippen LogP contribution in [-0.2, 0) is 0 Å². The highest BCUT2D eigenvalue weighted by atomic mass is 35.5. The first-order chi connectivity index (χ1) is 13.6. The summed E-state index contributed by atoms with van der Waals surface area (Å²) in [7, 11) is 0. The minimum Gasteiger partial charge on any atom is -0.335 e. The Morgan fingerprint density at radius 2 is 1.66 bits per heavy atom. The van der Waals surface area contributed by atoms with Crippen LogP contribution in [-0.4, -0.2) is 70.7 Å². The van der Waals surface area contributed by atoms with E-state index in [1.165, 1.54) is 24.3 Å². The summed E-state index contributed by atoms with van der Waals surface area (Å²) in [5.74, 6) is -0.604. The summed E-state index contributed by atoms with van der Waals surface area (Å²) in [5.41, 5.74) is 0.907. The summed E-state index contributed by atoms with van der Waals surface area (Å²) in [6.45, 7) is 3.74. The van der Waals surface area contributed by atoms with E-state index in [1.54, 1.807) is 15.9 Å². The first kappa shape index (κ1) is 21.3. The molecule has 4 rings (SSSR count). The quantitative estimate of drug-likeness (QED) is 0.822. The van der Waals surface area contributed by atoms with Crippen LogP contribution in [0, 0.1) is 5.82 Å². The molecule has 2 amide bonds. The molecule has 156 valence electrons. The van der Waals surface area contributed by atoms with E-state index in [4.69, 9.17) is 0 Å². The first-order valence-corrected chi connectivity index (χ1v) is 9.72. The molecule has 2 fully saturated rings. The van der Waals surface area contributed by atoms with Gasteiger partial charge in [-0.25, -0.2) is 4.39 Å². The molecule has 2 aliphatic heterocycles. The van der Waals surface area contributed by atoms with Crippen molar-refractivity contribution in [1.82, 2.24) is 24.9 Å². The van der Waals surface area contributed by atoms with Gasteiger partial charge in [0.1, 0.15) is 11.5 Å². The number of amides is 2. The molecule has 1 atom stereocenters. The monoisotopic (exact) mass is 421 g/mol. The molecule has 2 aliphatic rings. The average Bonchev–Trinajstić information content (AvgIpc) is 3.24. The molecule has 1 aromatic heterocycles. The topological polar surface area (TPSA) is 70.5 Å². The molecule has 1 N–H and O–H groups in total. The smallest absolute Gasteiger partial charge is 0.274 e. The van der Waals surface area contributed by atoms with Crippen LogP contribution in [0.4, 0.5) is 4.39 Å². The number of nitrogens with zero attached hydrogens (tertiary/aromatic N) is 4. The molecule has 0 radical (unpaired) electrons. The number of carbonyl (C=O) groups is 2. The van der Waals surface area contributed by atoms with E-state index >= 15 is 0 Å². The van der Waals surface area contributed by atoms with Gasteiger partial charge in [-0.05, 0) is 49.7 Å². The largest absolute Gasteiger partial charge is 0.335 e. The van der Waals surface area contributed by atoms with Crippen molar-refractivity contribution in [2.24, 2.45) is 0 Å². The van der Waals surface area contributed by atoms with Gasteiger partial charge in [0.05, 0.1) is 6.04 Å². The third-order valence-corrected chi connectivity index (χ3v) is 5.42. The highest BCUT2D eigenvalue weighted by Crippen LogP contribution is 2.17. The fourth-order valence-electron chi connectivity index (χ4n) is 3.76. The fourth-order valence-corrected chi connectivity index (χ4v) is 3.76. The van der Waals surface area contributed by atoms with Crippen LogP contribution in [0.2, 0.25) is 0 Å². The van der Waals surface area contributed by atoms with Gasteiger partial charge in [-0.1, -0.05) is 0 Å². The van der Waals surface area contributed by atoms with Crippen LogP contribution in [0.1, 0.15) is 39.7 Å². The highest BCUT2D eigenvalue weighted by molar-refractivity contribution is 5.95. The molecule has 2 saturated heterocycles. The standard InChI is InChI=1S/C20H24FN5O2.ClH/c21-16-5-3-15(4-6-16)19(27)24-10-12-25(13-11-24)20(28)18-7-9-26(23-18)17-2-1-8-22-14-17;/h3-7,9,17,22H,1-2,8,10-14H2;1H. The molecular formula is C20H25ClFN5O2. The first-order valence-electron chi connectivity index (χ1n) is 9.72. The molecule has 2 aromatic rings. The lowest BCUT2D eigenvalue weighted by molar-refractivity contribution is 0.0531. The summed E-state index contributed by atoms with van der Waals surface area (Å²) in [6, 6.07) is 7.60. The normalized spacial score (nSPS) is 19.6. The minimum absolute atomic E-state index is 0. The second kappa shape index (κ2) is 9.37. The van der Waals surface area contributed by atoms with Crippen LogP contribution < -0.4 is 5.32 Å². The molecule has 0 aliphatic carbocycles. The van der Waals surface area contributed by atoms with Gasteiger partial charge in [-0.15, -0.1) is 12.4 Å². The number of carbonyl (C=O) groups excluding carboxylic acids is 2. The number of nitrogens with one attached hydrogen (secondary N) is 1. The van der Waals surface area contributed by atoms with Crippen molar-refractivity contribution in [3.8, 4) is 0 Å². The molecule has 7 nitrogen and oxygen atoms in total. The molecule has 29 heavy (non-hydrogen) atoms. The van der Waals surface area contributed by atoms with Crippen molar-refractivity contribution in [3.05, 3.63) is 53.6 Å². The van der Waals surface area contributed by atoms with Gasteiger partial charge in [-0.3, -0.25) is 14.3 Å². The van der Waals surface area contributed by atoms with E-state index in [1.807, 2.05) is 10.9 Å². The van der Waals surface area contributed by atoms with E-state index in [0.717, 1.165) is 25.9 Å². The maximum Gasteiger partial charge on any atom is 0.274 e. The molecular weight excluding hydrogens is 397 g/mol. The number of hydrogen-bond donors (Lipinski definition) is 1. The van der Waals surface area contributed by atoms with Crippen molar-refractivity contribution in [1.29, 1.82) is 0 Å². The van der Waals surface area contributed by atoms with Gasteiger partial charge in [0.25, 0.3) is 11.8 Å². The zero-order valence-electron chi connectivity index (χ0n) is 16.1. The summed E-state index contributed by atoms with van der Waals surface area (Å²) in [5, 5.41) is 7.84. The Hall–Kier alpha value is -2.45. The van der Waals surface area contributed by atoms with Crippen LogP contribution >= 0.6 is 12.4 Å². The van der Waals surface area contributed by atoms with Crippen molar-refractivity contribution in [2.45, 2.75) is 18.9 Å². The Kier molecular flexibility index (Phi) is 6.87. The van der Waals surface area contributed by atoms with E-state index in [-0.39, 0.29) is 30.0 Å². The lowest BCUT2D eigenvalue weighted by atomic mass is 10.1. The Balaban J connectivity index is 0.00000240. The highest BCUT2D eigenvalue weighted by Gasteiger charge is 2.27. The van der Waals surface area contributed by atoms with E-state index in [9.17, 15) is 14.0 Å². The summed E-state index contributed by atoms with van der Waals surface area (Å²) in [6.07, 6.45) is 4.05. The minimum atomic E-state index is -0.365. The van der Waals surface area contributed by atoms with Crippen LogP contribution in [0.3, 0.4) is 0 Å². The van der Waals surface area contributed by atoms with Gasteiger partial charge in [0.2, 0.25) is 0 Å². The number of rotatable bonds is 3. The van der Waals surface area contributed by atoms with Gasteiger partial charge >= 0.3 is 0 Å². The SMILES string of the molecule is Cl.O=C(c1ccc(F)cc1)N1CCN(C(=O)c2ccn(C3CCCNC3)n2)CC1. The van der Waals surface area contributed by atoms with Gasteiger partial charge in [0.15, 0.2) is 0 Å². The molecule has 0 saturated carbocycles. The number of piperazine rings is 1. The molecule has 9 heteroatoms. The van der Waals surface area contributed by atoms with E-state index in [0.29, 0.717) is 43.5 Å². The zero-order valence-corrected chi connectivity index (χ0v) is 16.9. The molecule has 1 aromatic carbocycles. The number of aromatic nitrogens is 2. The predicted molar refractivity (Wildman–Crippen MR) is 109 cm³/mol. The van der Waals surface area contributed by atoms with Gasteiger partial charge in [-0.2, -0.15) is 5.10 Å². The second-order valence-corrected chi connectivity index (χ2v) is 7.27. The second-order valence-electron chi connectivity index (χ2n) is 7.27. The predicted octanol–water partition coefficient (Wildman–Crippen LogP) is 1.97. The van der Waals surface area contributed by atoms with Gasteiger partial charge in [0, 0.05) is 44.5 Å². The van der Waals surface area contributed by atoms with Crippen molar-refractivity contribution in [2.75, 3.05) is 39.3 Å². The molecule has 0 spiro atoms. The van der Waals surface area contributed by atoms with Gasteiger partial charge < -0.3 is 15.1 Å². The summed E-state index contributed by atoms with van der Waals surface area (Å²) < 4.78 is 14.9. The average molecular weight is 422 g/mol. The number of halogens is 2. The molecule has 0 bridgehead atoms. The zero-order chi connectivity index (χ0) is 19.5. The van der Waals surface area contributed by atoms with Crippen molar-refractivity contribution in [3.63, 3.8) is 0 Å². The molecule has 3 heterocycles. The lowest BCUT2D eigenvalue weighted by Gasteiger charge is -2.34. The number of hydrogen-bond acceptors (Lipinski definition) is 4. The Morgan fingerprint density at radius 3 is 2.28 bits per heavy atom. The Bertz CT molecular complexity index is 843. The van der Waals surface area contributed by atoms with Crippen LogP contribution in [0.25, 0.3) is 0 Å². The number of piperidine rings is 1. The maximum atomic E-state index is 13.0. The van der Waals surface area contributed by atoms with Crippen molar-refractivity contribution >= 4 is 24.2 Å². The van der Waals surface area contributed by atoms with Crippen molar-refractivity contribution < 1.29 is 14.0 Å². The third-order valence-electron chi connectivity index (χ3n) is 5.42. The van der Waals surface area contributed by atoms with Crippen LogP contribution in [0.5, 0.6) is 0 Å². The van der Waals surface area contributed by atoms with Crippen LogP contribution in [0.15, 0.2) is 36.5 Å². The third kappa shape index (κ3) is 4.76. The summed E-state index contributed by atoms with van der Waals surface area (Å²) >= 11 is 0. The lowest BCUT2D eigenvalue weighted by Crippen LogP contribution is -2.50. The maximum absolute atomic E-state index is 13.0. The summed E-state index contributed by atoms with van der Waals surface area (Å²) in [4.78, 5) is 28.7. The Labute approximate surface area is 175 Å². The fraction of sp³-hybridized carbons (Fsp3) is 0.450. The van der Waals surface area contributed by atoms with E-state index < -0.39 is 0 Å². The Morgan fingerprint density at radius 1 is 1.00 bits per heavy atom. The number of benzene rings is 1.